The lowest BCUT2D eigenvalue weighted by atomic mass is 10.0. The molecule has 0 aromatic carbocycles. The van der Waals surface area contributed by atoms with Crippen LogP contribution in [0.1, 0.15) is 52.4 Å². The molecule has 0 atom stereocenters. The first-order chi connectivity index (χ1) is 9.88. The number of amides is 2. The average molecular weight is 295 g/mol. The van der Waals surface area contributed by atoms with E-state index in [0.29, 0.717) is 32.6 Å². The summed E-state index contributed by atoms with van der Waals surface area (Å²) in [5.74, 6) is 0.983. The Morgan fingerprint density at radius 3 is 2.10 bits per heavy atom. The summed E-state index contributed by atoms with van der Waals surface area (Å²) in [6.45, 7) is 5.96. The van der Waals surface area contributed by atoms with Crippen LogP contribution in [0.3, 0.4) is 0 Å². The Bertz CT molecular complexity index is 375. The molecule has 1 saturated carbocycles. The number of hydrogen-bond donors (Lipinski definition) is 1. The molecular weight excluding hydrogens is 266 g/mol. The van der Waals surface area contributed by atoms with Crippen molar-refractivity contribution in [1.29, 1.82) is 0 Å². The van der Waals surface area contributed by atoms with Crippen molar-refractivity contribution in [3.63, 3.8) is 0 Å². The third-order valence-electron chi connectivity index (χ3n) is 4.71. The molecule has 0 unspecified atom stereocenters. The van der Waals surface area contributed by atoms with Crippen LogP contribution in [-0.4, -0.2) is 53.3 Å². The Morgan fingerprint density at radius 2 is 1.57 bits per heavy atom. The molecule has 2 aliphatic rings. The zero-order valence-electron chi connectivity index (χ0n) is 13.4. The highest BCUT2D eigenvalue weighted by Gasteiger charge is 2.31. The number of piperazine rings is 1. The molecule has 5 nitrogen and oxygen atoms in total. The fourth-order valence-electron chi connectivity index (χ4n) is 3.35. The van der Waals surface area contributed by atoms with Gasteiger partial charge in [-0.3, -0.25) is 9.59 Å². The number of carbonyl (C=O) groups excluding carboxylic acids is 2. The van der Waals surface area contributed by atoms with Crippen LogP contribution in [0.15, 0.2) is 0 Å². The Kier molecular flexibility index (Phi) is 5.25. The van der Waals surface area contributed by atoms with Gasteiger partial charge in [0.05, 0.1) is 5.54 Å². The van der Waals surface area contributed by atoms with Gasteiger partial charge in [-0.15, -0.1) is 0 Å². The van der Waals surface area contributed by atoms with Gasteiger partial charge in [-0.05, 0) is 26.2 Å². The minimum absolute atomic E-state index is 0.0273. The summed E-state index contributed by atoms with van der Waals surface area (Å²) >= 11 is 0. The predicted molar refractivity (Wildman–Crippen MR) is 82.6 cm³/mol. The van der Waals surface area contributed by atoms with Crippen molar-refractivity contribution >= 4 is 11.8 Å². The van der Waals surface area contributed by atoms with E-state index in [0.717, 1.165) is 12.3 Å². The van der Waals surface area contributed by atoms with Crippen molar-refractivity contribution in [2.24, 2.45) is 11.7 Å². The monoisotopic (exact) mass is 295 g/mol. The number of hydrogen-bond acceptors (Lipinski definition) is 3. The van der Waals surface area contributed by atoms with Gasteiger partial charge in [-0.1, -0.05) is 25.7 Å². The molecule has 0 radical (unpaired) electrons. The van der Waals surface area contributed by atoms with E-state index in [1.54, 1.807) is 18.7 Å². The molecule has 2 rings (SSSR count). The lowest BCUT2D eigenvalue weighted by Crippen LogP contribution is -2.57. The quantitative estimate of drug-likeness (QED) is 0.851. The van der Waals surface area contributed by atoms with Crippen molar-refractivity contribution < 1.29 is 9.59 Å². The van der Waals surface area contributed by atoms with Gasteiger partial charge in [0, 0.05) is 32.6 Å². The van der Waals surface area contributed by atoms with Gasteiger partial charge in [-0.25, -0.2) is 0 Å². The number of rotatable bonds is 4. The van der Waals surface area contributed by atoms with Gasteiger partial charge in [0.1, 0.15) is 0 Å². The van der Waals surface area contributed by atoms with Crippen molar-refractivity contribution in [3.8, 4) is 0 Å². The second-order valence-electron chi connectivity index (χ2n) is 7.08. The maximum absolute atomic E-state index is 12.2. The van der Waals surface area contributed by atoms with E-state index in [2.05, 4.69) is 0 Å². The molecule has 0 spiro atoms. The molecular formula is C16H29N3O2. The molecule has 2 amide bonds. The molecule has 2 fully saturated rings. The standard InChI is InChI=1S/C16H29N3O2/c1-16(2,17)15(21)19-11-9-18(10-12-19)14(20)8-7-13-5-3-4-6-13/h13H,3-12,17H2,1-2H3. The second kappa shape index (κ2) is 6.77. The fraction of sp³-hybridized carbons (Fsp3) is 0.875. The van der Waals surface area contributed by atoms with Crippen LogP contribution in [0.25, 0.3) is 0 Å². The van der Waals surface area contributed by atoms with E-state index in [-0.39, 0.29) is 11.8 Å². The van der Waals surface area contributed by atoms with Crippen LogP contribution >= 0.6 is 0 Å². The first-order valence-corrected chi connectivity index (χ1v) is 8.24. The average Bonchev–Trinajstić information content (AvgIpc) is 2.96. The number of nitrogens with two attached hydrogens (primary N) is 1. The zero-order chi connectivity index (χ0) is 15.5. The minimum Gasteiger partial charge on any atom is -0.339 e. The van der Waals surface area contributed by atoms with Crippen LogP contribution in [0.4, 0.5) is 0 Å². The summed E-state index contributed by atoms with van der Waals surface area (Å²) in [5.41, 5.74) is 5.03. The summed E-state index contributed by atoms with van der Waals surface area (Å²) in [7, 11) is 0. The van der Waals surface area contributed by atoms with E-state index in [1.165, 1.54) is 25.7 Å². The van der Waals surface area contributed by atoms with Crippen molar-refractivity contribution in [2.45, 2.75) is 57.9 Å². The first kappa shape index (κ1) is 16.3. The Balaban J connectivity index is 1.72. The van der Waals surface area contributed by atoms with Crippen LogP contribution < -0.4 is 5.73 Å². The molecule has 0 aromatic heterocycles. The van der Waals surface area contributed by atoms with Gasteiger partial charge in [0.25, 0.3) is 0 Å². The lowest BCUT2D eigenvalue weighted by Gasteiger charge is -2.37. The Hall–Kier alpha value is -1.10. The van der Waals surface area contributed by atoms with Gasteiger partial charge in [-0.2, -0.15) is 0 Å². The second-order valence-corrected chi connectivity index (χ2v) is 7.08. The topological polar surface area (TPSA) is 66.6 Å². The summed E-state index contributed by atoms with van der Waals surface area (Å²) in [6.07, 6.45) is 6.94. The normalized spacial score (nSPS) is 20.9. The summed E-state index contributed by atoms with van der Waals surface area (Å²) in [6, 6.07) is 0. The molecule has 0 aromatic rings. The smallest absolute Gasteiger partial charge is 0.242 e. The molecule has 21 heavy (non-hydrogen) atoms. The van der Waals surface area contributed by atoms with Crippen molar-refractivity contribution in [2.75, 3.05) is 26.2 Å². The number of nitrogens with zero attached hydrogens (tertiary/aromatic N) is 2. The first-order valence-electron chi connectivity index (χ1n) is 8.24. The largest absolute Gasteiger partial charge is 0.339 e. The van der Waals surface area contributed by atoms with Gasteiger partial charge >= 0.3 is 0 Å². The summed E-state index contributed by atoms with van der Waals surface area (Å²) < 4.78 is 0. The maximum Gasteiger partial charge on any atom is 0.242 e. The molecule has 0 bridgehead atoms. The highest BCUT2D eigenvalue weighted by molar-refractivity contribution is 5.85. The molecule has 1 heterocycles. The molecule has 1 aliphatic carbocycles. The highest BCUT2D eigenvalue weighted by Crippen LogP contribution is 2.28. The van der Waals surface area contributed by atoms with E-state index >= 15 is 0 Å². The maximum atomic E-state index is 12.2. The Labute approximate surface area is 127 Å². The van der Waals surface area contributed by atoms with Gasteiger partial charge in [0.2, 0.25) is 11.8 Å². The van der Waals surface area contributed by atoms with Crippen molar-refractivity contribution in [1.82, 2.24) is 9.80 Å². The Morgan fingerprint density at radius 1 is 1.05 bits per heavy atom. The highest BCUT2D eigenvalue weighted by atomic mass is 16.2. The molecule has 120 valence electrons. The van der Waals surface area contributed by atoms with Crippen LogP contribution in [-0.2, 0) is 9.59 Å². The van der Waals surface area contributed by atoms with Gasteiger partial charge in [0.15, 0.2) is 0 Å². The van der Waals surface area contributed by atoms with E-state index in [9.17, 15) is 9.59 Å². The third-order valence-corrected chi connectivity index (χ3v) is 4.71. The lowest BCUT2D eigenvalue weighted by molar-refractivity contribution is -0.142. The summed E-state index contributed by atoms with van der Waals surface area (Å²) in [4.78, 5) is 28.0. The molecule has 1 saturated heterocycles. The van der Waals surface area contributed by atoms with Crippen LogP contribution in [0, 0.1) is 5.92 Å². The van der Waals surface area contributed by atoms with E-state index in [1.807, 2.05) is 4.90 Å². The van der Waals surface area contributed by atoms with Crippen molar-refractivity contribution in [3.05, 3.63) is 0 Å². The van der Waals surface area contributed by atoms with E-state index < -0.39 is 5.54 Å². The molecule has 5 heteroatoms. The third kappa shape index (κ3) is 4.43. The summed E-state index contributed by atoms with van der Waals surface area (Å²) in [5, 5.41) is 0. The number of carbonyl (C=O) groups is 2. The molecule has 2 N–H and O–H groups in total. The van der Waals surface area contributed by atoms with Crippen LogP contribution in [0.2, 0.25) is 0 Å². The van der Waals surface area contributed by atoms with Gasteiger partial charge < -0.3 is 15.5 Å². The predicted octanol–water partition coefficient (Wildman–Crippen LogP) is 1.36. The van der Waals surface area contributed by atoms with E-state index in [4.69, 9.17) is 5.73 Å². The van der Waals surface area contributed by atoms with Crippen LogP contribution in [0.5, 0.6) is 0 Å². The fourth-order valence-corrected chi connectivity index (χ4v) is 3.35. The zero-order valence-corrected chi connectivity index (χ0v) is 13.4. The SMILES string of the molecule is CC(C)(N)C(=O)N1CCN(C(=O)CCC2CCCC2)CC1. The minimum atomic E-state index is -0.825. The molecule has 1 aliphatic heterocycles.